The third-order valence-corrected chi connectivity index (χ3v) is 4.41. The third-order valence-electron chi connectivity index (χ3n) is 2.64. The van der Waals surface area contributed by atoms with E-state index in [2.05, 4.69) is 16.0 Å². The molecule has 108 valence electrons. The van der Waals surface area contributed by atoms with Gasteiger partial charge in [-0.3, -0.25) is 14.4 Å². The summed E-state index contributed by atoms with van der Waals surface area (Å²) in [5.41, 5.74) is 0. The lowest BCUT2D eigenvalue weighted by atomic mass is 10.2. The van der Waals surface area contributed by atoms with Crippen LogP contribution in [0.4, 0.5) is 0 Å². The van der Waals surface area contributed by atoms with E-state index in [-0.39, 0.29) is 18.1 Å². The van der Waals surface area contributed by atoms with Gasteiger partial charge in [-0.05, 0) is 12.8 Å². The van der Waals surface area contributed by atoms with Crippen molar-refractivity contribution in [1.29, 1.82) is 0 Å². The Morgan fingerprint density at radius 1 is 1.21 bits per heavy atom. The van der Waals surface area contributed by atoms with Crippen molar-refractivity contribution in [2.24, 2.45) is 0 Å². The molecule has 8 nitrogen and oxygen atoms in total. The zero-order valence-corrected chi connectivity index (χ0v) is 11.2. The molecule has 0 aliphatic carbocycles. The lowest BCUT2D eigenvalue weighted by molar-refractivity contribution is -0.139. The van der Waals surface area contributed by atoms with Gasteiger partial charge in [-0.25, -0.2) is 8.42 Å². The van der Waals surface area contributed by atoms with Gasteiger partial charge in [-0.2, -0.15) is 0 Å². The van der Waals surface area contributed by atoms with E-state index in [0.29, 0.717) is 25.8 Å². The number of amides is 3. The second kappa shape index (κ2) is 7.07. The molecule has 0 aromatic heterocycles. The van der Waals surface area contributed by atoms with Crippen molar-refractivity contribution in [2.75, 3.05) is 24.6 Å². The minimum absolute atomic E-state index is 0.0386. The number of carbonyl (C=O) groups excluding carboxylic acids is 3. The van der Waals surface area contributed by atoms with Gasteiger partial charge in [0.2, 0.25) is 6.41 Å². The predicted octanol–water partition coefficient (Wildman–Crippen LogP) is -2.46. The molecule has 0 aromatic carbocycles. The van der Waals surface area contributed by atoms with E-state index >= 15 is 0 Å². The molecule has 1 unspecified atom stereocenters. The van der Waals surface area contributed by atoms with Crippen LogP contribution in [0, 0.1) is 0 Å². The summed E-state index contributed by atoms with van der Waals surface area (Å²) in [5, 5.41) is 7.18. The number of hydrogen-bond acceptors (Lipinski definition) is 5. The van der Waals surface area contributed by atoms with Crippen molar-refractivity contribution in [3.8, 4) is 0 Å². The molecule has 1 fully saturated rings. The monoisotopic (exact) mass is 291 g/mol. The second-order valence-electron chi connectivity index (χ2n) is 4.25. The Hall–Kier alpha value is -1.64. The van der Waals surface area contributed by atoms with Crippen LogP contribution in [0.25, 0.3) is 0 Å². The third kappa shape index (κ3) is 5.69. The molecule has 0 saturated carbocycles. The van der Waals surface area contributed by atoms with Gasteiger partial charge in [-0.1, -0.05) is 0 Å². The molecular weight excluding hydrogens is 274 g/mol. The molecule has 0 radical (unpaired) electrons. The summed E-state index contributed by atoms with van der Waals surface area (Å²) < 4.78 is 22.4. The molecule has 19 heavy (non-hydrogen) atoms. The molecule has 3 N–H and O–H groups in total. The summed E-state index contributed by atoms with van der Waals surface area (Å²) in [6.45, 7) is 0.669. The van der Waals surface area contributed by atoms with Crippen molar-refractivity contribution < 1.29 is 22.8 Å². The van der Waals surface area contributed by atoms with E-state index in [9.17, 15) is 22.8 Å². The largest absolute Gasteiger partial charge is 0.359 e. The summed E-state index contributed by atoms with van der Waals surface area (Å²) in [6, 6.07) is -0.486. The highest BCUT2D eigenvalue weighted by Crippen LogP contribution is 2.10. The van der Waals surface area contributed by atoms with Gasteiger partial charge in [0.05, 0.1) is 11.5 Å². The summed E-state index contributed by atoms with van der Waals surface area (Å²) >= 11 is 0. The predicted molar refractivity (Wildman–Crippen MR) is 66.9 cm³/mol. The number of nitrogens with one attached hydrogen (secondary N) is 3. The van der Waals surface area contributed by atoms with Crippen molar-refractivity contribution in [3.63, 3.8) is 0 Å². The lowest BCUT2D eigenvalue weighted by Crippen LogP contribution is -2.45. The standard InChI is InChI=1S/C10H17N3O5S/c14-7-11-3-1-4-12-9(15)10(16)13-8-2-5-19(17,18)6-8/h7-8H,1-6H2,(H,11,14)(H,12,15)(H,13,16). The van der Waals surface area contributed by atoms with E-state index in [1.165, 1.54) is 0 Å². The number of hydrogen-bond donors (Lipinski definition) is 3. The molecule has 1 heterocycles. The van der Waals surface area contributed by atoms with Crippen LogP contribution in [-0.2, 0) is 24.2 Å². The maximum Gasteiger partial charge on any atom is 0.309 e. The van der Waals surface area contributed by atoms with E-state index in [0.717, 1.165) is 0 Å². The Morgan fingerprint density at radius 3 is 2.53 bits per heavy atom. The average Bonchev–Trinajstić information content (AvgIpc) is 2.68. The van der Waals surface area contributed by atoms with Crippen LogP contribution in [0.2, 0.25) is 0 Å². The summed E-state index contributed by atoms with van der Waals surface area (Å²) in [4.78, 5) is 32.7. The van der Waals surface area contributed by atoms with Crippen molar-refractivity contribution >= 4 is 28.1 Å². The van der Waals surface area contributed by atoms with E-state index in [1.807, 2.05) is 0 Å². The SMILES string of the molecule is O=CNCCCNC(=O)C(=O)NC1CCS(=O)(=O)C1. The number of sulfone groups is 1. The first-order chi connectivity index (χ1) is 8.94. The highest BCUT2D eigenvalue weighted by molar-refractivity contribution is 7.91. The zero-order chi connectivity index (χ0) is 14.3. The maximum atomic E-state index is 11.4. The Balaban J connectivity index is 2.22. The van der Waals surface area contributed by atoms with Gasteiger partial charge in [-0.15, -0.1) is 0 Å². The molecule has 1 rings (SSSR count). The maximum absolute atomic E-state index is 11.4. The Kier molecular flexibility index (Phi) is 5.74. The van der Waals surface area contributed by atoms with Gasteiger partial charge >= 0.3 is 11.8 Å². The Morgan fingerprint density at radius 2 is 1.95 bits per heavy atom. The van der Waals surface area contributed by atoms with Crippen LogP contribution in [0.1, 0.15) is 12.8 Å². The van der Waals surface area contributed by atoms with Gasteiger partial charge in [0.1, 0.15) is 0 Å². The first kappa shape index (κ1) is 15.4. The van der Waals surface area contributed by atoms with Gasteiger partial charge in [0.25, 0.3) is 0 Å². The number of rotatable bonds is 6. The lowest BCUT2D eigenvalue weighted by Gasteiger charge is -2.10. The van der Waals surface area contributed by atoms with Crippen molar-refractivity contribution in [3.05, 3.63) is 0 Å². The van der Waals surface area contributed by atoms with Crippen LogP contribution in [0.5, 0.6) is 0 Å². The van der Waals surface area contributed by atoms with Crippen LogP contribution in [0.3, 0.4) is 0 Å². The van der Waals surface area contributed by atoms with Crippen LogP contribution in [-0.4, -0.2) is 57.3 Å². The van der Waals surface area contributed by atoms with E-state index in [4.69, 9.17) is 0 Å². The minimum Gasteiger partial charge on any atom is -0.359 e. The molecule has 3 amide bonds. The first-order valence-electron chi connectivity index (χ1n) is 5.91. The Bertz CT molecular complexity index is 448. The topological polar surface area (TPSA) is 121 Å². The van der Waals surface area contributed by atoms with E-state index < -0.39 is 27.7 Å². The summed E-state index contributed by atoms with van der Waals surface area (Å²) in [6.07, 6.45) is 1.40. The van der Waals surface area contributed by atoms with Crippen LogP contribution in [0.15, 0.2) is 0 Å². The van der Waals surface area contributed by atoms with Crippen LogP contribution >= 0.6 is 0 Å². The molecule has 1 saturated heterocycles. The molecule has 1 atom stereocenters. The quantitative estimate of drug-likeness (QED) is 0.285. The zero-order valence-electron chi connectivity index (χ0n) is 10.3. The normalized spacial score (nSPS) is 20.5. The smallest absolute Gasteiger partial charge is 0.309 e. The highest BCUT2D eigenvalue weighted by atomic mass is 32.2. The highest BCUT2D eigenvalue weighted by Gasteiger charge is 2.30. The summed E-state index contributed by atoms with van der Waals surface area (Å²) in [7, 11) is -3.08. The molecular formula is C10H17N3O5S. The molecule has 0 spiro atoms. The van der Waals surface area contributed by atoms with E-state index in [1.54, 1.807) is 0 Å². The molecule has 0 bridgehead atoms. The first-order valence-corrected chi connectivity index (χ1v) is 7.73. The van der Waals surface area contributed by atoms with Gasteiger partial charge in [0.15, 0.2) is 9.84 Å². The average molecular weight is 291 g/mol. The van der Waals surface area contributed by atoms with Crippen molar-refractivity contribution in [1.82, 2.24) is 16.0 Å². The second-order valence-corrected chi connectivity index (χ2v) is 6.48. The fourth-order valence-electron chi connectivity index (χ4n) is 1.69. The fourth-order valence-corrected chi connectivity index (χ4v) is 3.36. The molecule has 1 aliphatic heterocycles. The minimum atomic E-state index is -3.08. The van der Waals surface area contributed by atoms with Gasteiger partial charge < -0.3 is 16.0 Å². The number of carbonyl (C=O) groups is 3. The summed E-state index contributed by atoms with van der Waals surface area (Å²) in [5.74, 6) is -1.70. The molecule has 9 heteroatoms. The molecule has 1 aliphatic rings. The van der Waals surface area contributed by atoms with Crippen molar-refractivity contribution in [2.45, 2.75) is 18.9 Å². The van der Waals surface area contributed by atoms with Crippen LogP contribution < -0.4 is 16.0 Å². The van der Waals surface area contributed by atoms with Gasteiger partial charge in [0, 0.05) is 19.1 Å². The Labute approximate surface area is 111 Å². The molecule has 0 aromatic rings. The fraction of sp³-hybridized carbons (Fsp3) is 0.700.